The molecule has 0 radical (unpaired) electrons. The van der Waals surface area contributed by atoms with Gasteiger partial charge < -0.3 is 9.47 Å². The van der Waals surface area contributed by atoms with Crippen LogP contribution in [0, 0.1) is 11.3 Å². The molecule has 1 heterocycles. The lowest BCUT2D eigenvalue weighted by molar-refractivity contribution is -0.137. The third-order valence-electron chi connectivity index (χ3n) is 2.33. The van der Waals surface area contributed by atoms with Crippen LogP contribution in [0.3, 0.4) is 0 Å². The van der Waals surface area contributed by atoms with E-state index in [-0.39, 0.29) is 17.4 Å². The Labute approximate surface area is 95.4 Å². The van der Waals surface area contributed by atoms with Crippen molar-refractivity contribution in [3.05, 3.63) is 29.3 Å². The Morgan fingerprint density at radius 3 is 2.53 bits per heavy atom. The summed E-state index contributed by atoms with van der Waals surface area (Å²) in [4.78, 5) is 0. The molecule has 0 bridgehead atoms. The highest BCUT2D eigenvalue weighted by Crippen LogP contribution is 2.32. The van der Waals surface area contributed by atoms with Crippen LogP contribution in [0.15, 0.2) is 18.2 Å². The fraction of sp³-hybridized carbons (Fsp3) is 0.364. The summed E-state index contributed by atoms with van der Waals surface area (Å²) in [5.74, 6) is 0.161. The first kappa shape index (κ1) is 11.7. The Bertz CT molecular complexity index is 461. The highest BCUT2D eigenvalue weighted by molar-refractivity contribution is 5.46. The van der Waals surface area contributed by atoms with E-state index in [0.29, 0.717) is 13.2 Å². The number of nitriles is 1. The topological polar surface area (TPSA) is 42.2 Å². The van der Waals surface area contributed by atoms with Gasteiger partial charge in [-0.3, -0.25) is 0 Å². The van der Waals surface area contributed by atoms with Gasteiger partial charge in [-0.15, -0.1) is 0 Å². The van der Waals surface area contributed by atoms with E-state index in [0.717, 1.165) is 12.1 Å². The minimum atomic E-state index is -4.45. The van der Waals surface area contributed by atoms with Gasteiger partial charge in [0.1, 0.15) is 17.9 Å². The summed E-state index contributed by atoms with van der Waals surface area (Å²) in [6, 6.07) is 4.55. The molecule has 3 nitrogen and oxygen atoms in total. The first-order valence-electron chi connectivity index (χ1n) is 4.86. The maximum Gasteiger partial charge on any atom is 0.416 e. The van der Waals surface area contributed by atoms with Gasteiger partial charge in [-0.1, -0.05) is 0 Å². The fourth-order valence-electron chi connectivity index (χ4n) is 1.36. The van der Waals surface area contributed by atoms with Crippen LogP contribution in [-0.2, 0) is 10.9 Å². The van der Waals surface area contributed by atoms with E-state index in [1.165, 1.54) is 6.07 Å². The predicted octanol–water partition coefficient (Wildman–Crippen LogP) is 2.35. The molecular weight excluding hydrogens is 235 g/mol. The molecule has 90 valence electrons. The number of nitrogens with zero attached hydrogens (tertiary/aromatic N) is 1. The summed E-state index contributed by atoms with van der Waals surface area (Å²) in [5, 5.41) is 8.78. The summed E-state index contributed by atoms with van der Waals surface area (Å²) in [6.45, 7) is 0.789. The molecule has 0 amide bonds. The first-order chi connectivity index (χ1) is 8.00. The van der Waals surface area contributed by atoms with Crippen molar-refractivity contribution in [2.45, 2.75) is 12.3 Å². The molecule has 0 unspecified atom stereocenters. The molecule has 0 N–H and O–H groups in total. The second-order valence-corrected chi connectivity index (χ2v) is 3.60. The van der Waals surface area contributed by atoms with Gasteiger partial charge in [0, 0.05) is 0 Å². The number of halogens is 3. The Kier molecular flexibility index (Phi) is 2.94. The standard InChI is InChI=1S/C11H8F3NO2/c12-11(13,14)8-1-2-10(7(3-8)4-15)17-9-5-16-6-9/h1-3,9H,5-6H2. The molecule has 0 aliphatic carbocycles. The van der Waals surface area contributed by atoms with Crippen molar-refractivity contribution in [1.82, 2.24) is 0 Å². The smallest absolute Gasteiger partial charge is 0.416 e. The third kappa shape index (κ3) is 2.50. The molecule has 1 aliphatic rings. The second kappa shape index (κ2) is 4.26. The van der Waals surface area contributed by atoms with Gasteiger partial charge in [0.25, 0.3) is 0 Å². The molecule has 1 aliphatic heterocycles. The van der Waals surface area contributed by atoms with Gasteiger partial charge in [0.15, 0.2) is 0 Å². The summed E-state index contributed by atoms with van der Waals surface area (Å²) in [5.41, 5.74) is -0.974. The van der Waals surface area contributed by atoms with Crippen LogP contribution in [0.4, 0.5) is 13.2 Å². The average Bonchev–Trinajstić information content (AvgIpc) is 2.22. The van der Waals surface area contributed by atoms with E-state index in [9.17, 15) is 13.2 Å². The lowest BCUT2D eigenvalue weighted by atomic mass is 10.1. The van der Waals surface area contributed by atoms with Gasteiger partial charge in [0.05, 0.1) is 24.3 Å². The van der Waals surface area contributed by atoms with Gasteiger partial charge in [-0.05, 0) is 18.2 Å². The van der Waals surface area contributed by atoms with Gasteiger partial charge in [0.2, 0.25) is 0 Å². The molecule has 0 saturated carbocycles. The minimum absolute atomic E-state index is 0.119. The number of hydrogen-bond acceptors (Lipinski definition) is 3. The Balaban J connectivity index is 2.25. The van der Waals surface area contributed by atoms with Crippen molar-refractivity contribution in [3.63, 3.8) is 0 Å². The van der Waals surface area contributed by atoms with Crippen LogP contribution < -0.4 is 4.74 Å². The van der Waals surface area contributed by atoms with Crippen molar-refractivity contribution >= 4 is 0 Å². The lowest BCUT2D eigenvalue weighted by Crippen LogP contribution is -2.38. The number of benzene rings is 1. The molecule has 2 rings (SSSR count). The molecule has 1 fully saturated rings. The molecule has 1 saturated heterocycles. The quantitative estimate of drug-likeness (QED) is 0.800. The van der Waals surface area contributed by atoms with Crippen LogP contribution in [-0.4, -0.2) is 19.3 Å². The van der Waals surface area contributed by atoms with Crippen molar-refractivity contribution < 1.29 is 22.6 Å². The largest absolute Gasteiger partial charge is 0.484 e. The summed E-state index contributed by atoms with van der Waals surface area (Å²) in [6.07, 6.45) is -4.64. The molecule has 0 atom stereocenters. The van der Waals surface area contributed by atoms with Crippen LogP contribution in [0.5, 0.6) is 5.75 Å². The van der Waals surface area contributed by atoms with E-state index < -0.39 is 11.7 Å². The van der Waals surface area contributed by atoms with Gasteiger partial charge in [-0.2, -0.15) is 18.4 Å². The summed E-state index contributed by atoms with van der Waals surface area (Å²) >= 11 is 0. The molecule has 17 heavy (non-hydrogen) atoms. The number of rotatable bonds is 2. The van der Waals surface area contributed by atoms with Crippen LogP contribution in [0.2, 0.25) is 0 Å². The monoisotopic (exact) mass is 243 g/mol. The zero-order chi connectivity index (χ0) is 12.5. The van der Waals surface area contributed by atoms with E-state index >= 15 is 0 Å². The van der Waals surface area contributed by atoms with Crippen molar-refractivity contribution in [2.24, 2.45) is 0 Å². The summed E-state index contributed by atoms with van der Waals surface area (Å²) < 4.78 is 47.4. The predicted molar refractivity (Wildman–Crippen MR) is 51.4 cm³/mol. The normalized spacial score (nSPS) is 16.1. The zero-order valence-corrected chi connectivity index (χ0v) is 8.62. The van der Waals surface area contributed by atoms with Crippen LogP contribution in [0.25, 0.3) is 0 Å². The summed E-state index contributed by atoms with van der Waals surface area (Å²) in [7, 11) is 0. The highest BCUT2D eigenvalue weighted by Gasteiger charge is 2.31. The fourth-order valence-corrected chi connectivity index (χ4v) is 1.36. The average molecular weight is 243 g/mol. The molecular formula is C11H8F3NO2. The highest BCUT2D eigenvalue weighted by atomic mass is 19.4. The maximum absolute atomic E-state index is 12.4. The SMILES string of the molecule is N#Cc1cc(C(F)(F)F)ccc1OC1COC1. The molecule has 0 aromatic heterocycles. The minimum Gasteiger partial charge on any atom is -0.484 e. The Morgan fingerprint density at radius 1 is 1.35 bits per heavy atom. The molecule has 6 heteroatoms. The van der Waals surface area contributed by atoms with Crippen molar-refractivity contribution in [3.8, 4) is 11.8 Å². The van der Waals surface area contributed by atoms with E-state index in [4.69, 9.17) is 14.7 Å². The van der Waals surface area contributed by atoms with E-state index in [1.54, 1.807) is 6.07 Å². The molecule has 0 spiro atoms. The lowest BCUT2D eigenvalue weighted by Gasteiger charge is -2.27. The zero-order valence-electron chi connectivity index (χ0n) is 8.62. The molecule has 1 aromatic carbocycles. The van der Waals surface area contributed by atoms with Crippen LogP contribution in [0.1, 0.15) is 11.1 Å². The van der Waals surface area contributed by atoms with E-state index in [1.807, 2.05) is 0 Å². The van der Waals surface area contributed by atoms with Gasteiger partial charge >= 0.3 is 6.18 Å². The van der Waals surface area contributed by atoms with Gasteiger partial charge in [-0.25, -0.2) is 0 Å². The van der Waals surface area contributed by atoms with Crippen LogP contribution >= 0.6 is 0 Å². The van der Waals surface area contributed by atoms with Crippen molar-refractivity contribution in [2.75, 3.05) is 13.2 Å². The number of hydrogen-bond donors (Lipinski definition) is 0. The van der Waals surface area contributed by atoms with E-state index in [2.05, 4.69) is 0 Å². The molecule has 1 aromatic rings. The Hall–Kier alpha value is -1.74. The number of ether oxygens (including phenoxy) is 2. The third-order valence-corrected chi connectivity index (χ3v) is 2.33. The number of alkyl halides is 3. The van der Waals surface area contributed by atoms with Crippen molar-refractivity contribution in [1.29, 1.82) is 5.26 Å². The maximum atomic E-state index is 12.4. The Morgan fingerprint density at radius 2 is 2.06 bits per heavy atom. The first-order valence-corrected chi connectivity index (χ1v) is 4.86. The second-order valence-electron chi connectivity index (χ2n) is 3.60.